The number of amides is 1. The van der Waals surface area contributed by atoms with E-state index in [2.05, 4.69) is 19.0 Å². The molecule has 0 saturated heterocycles. The maximum Gasteiger partial charge on any atom is 0.328 e. The van der Waals surface area contributed by atoms with Gasteiger partial charge in [0, 0.05) is 36.5 Å². The molecule has 4 rings (SSSR count). The van der Waals surface area contributed by atoms with Crippen LogP contribution in [0.4, 0.5) is 0 Å². The molecule has 0 aromatic heterocycles. The maximum absolute atomic E-state index is 12.6. The number of oxime groups is 1. The van der Waals surface area contributed by atoms with Gasteiger partial charge in [0.25, 0.3) is 0 Å². The number of fused-ring (bicyclic) bond motifs is 5. The molecule has 4 fully saturated rings. The number of rotatable bonds is 6. The van der Waals surface area contributed by atoms with Crippen molar-refractivity contribution in [1.82, 2.24) is 0 Å². The van der Waals surface area contributed by atoms with Crippen LogP contribution in [-0.4, -0.2) is 52.7 Å². The minimum absolute atomic E-state index is 0.0858. The lowest BCUT2D eigenvalue weighted by molar-refractivity contribution is -0.151. The Morgan fingerprint density at radius 1 is 1.06 bits per heavy atom. The van der Waals surface area contributed by atoms with Crippen molar-refractivity contribution in [3.05, 3.63) is 12.2 Å². The van der Waals surface area contributed by atoms with Crippen molar-refractivity contribution in [2.24, 2.45) is 57.0 Å². The number of nitrogens with two attached hydrogens (primary N) is 2. The zero-order valence-corrected chi connectivity index (χ0v) is 21.2. The summed E-state index contributed by atoms with van der Waals surface area (Å²) >= 11 is 0. The molecule has 0 spiro atoms. The molecule has 0 aromatic carbocycles. The van der Waals surface area contributed by atoms with E-state index in [9.17, 15) is 19.2 Å². The summed E-state index contributed by atoms with van der Waals surface area (Å²) in [5, 5.41) is 19.9. The third-order valence-electron chi connectivity index (χ3n) is 9.40. The Balaban J connectivity index is 0.000000392. The molecule has 0 aliphatic heterocycles. The fourth-order valence-electron chi connectivity index (χ4n) is 7.64. The molecule has 0 aromatic rings. The van der Waals surface area contributed by atoms with Gasteiger partial charge in [-0.15, -0.1) is 0 Å². The number of primary amides is 1. The van der Waals surface area contributed by atoms with Crippen LogP contribution in [0.25, 0.3) is 0 Å². The highest BCUT2D eigenvalue weighted by atomic mass is 16.6. The first-order valence-electron chi connectivity index (χ1n) is 12.8. The molecular weight excluding hydrogens is 466 g/mol. The van der Waals surface area contributed by atoms with E-state index in [1.807, 2.05) is 0 Å². The largest absolute Gasteiger partial charge is 0.478 e. The summed E-state index contributed by atoms with van der Waals surface area (Å²) in [6, 6.07) is 0. The summed E-state index contributed by atoms with van der Waals surface area (Å²) < 4.78 is 0. The third-order valence-corrected chi connectivity index (χ3v) is 9.40. The van der Waals surface area contributed by atoms with Crippen LogP contribution in [-0.2, 0) is 24.0 Å². The molecule has 6 N–H and O–H groups in total. The average Bonchev–Trinajstić information content (AvgIpc) is 3.12. The predicted molar refractivity (Wildman–Crippen MR) is 132 cm³/mol. The second-order valence-electron chi connectivity index (χ2n) is 11.1. The lowest BCUT2D eigenvalue weighted by Crippen LogP contribution is -2.58. The van der Waals surface area contributed by atoms with Crippen molar-refractivity contribution >= 4 is 29.3 Å². The van der Waals surface area contributed by atoms with E-state index in [-0.39, 0.29) is 28.6 Å². The number of carbonyl (C=O) groups excluding carboxylic acids is 2. The van der Waals surface area contributed by atoms with Crippen LogP contribution in [0.15, 0.2) is 17.3 Å². The number of hydrogen-bond donors (Lipinski definition) is 4. The predicted octanol–water partition coefficient (Wildman–Crippen LogP) is 2.35. The van der Waals surface area contributed by atoms with Crippen LogP contribution in [0.5, 0.6) is 0 Å². The van der Waals surface area contributed by atoms with Crippen LogP contribution >= 0.6 is 0 Å². The van der Waals surface area contributed by atoms with Crippen molar-refractivity contribution < 1.29 is 34.2 Å². The highest BCUT2D eigenvalue weighted by molar-refractivity contribution is 5.90. The van der Waals surface area contributed by atoms with Gasteiger partial charge < -0.3 is 26.5 Å². The van der Waals surface area contributed by atoms with Gasteiger partial charge in [-0.25, -0.2) is 9.59 Å². The number of hydrogen-bond acceptors (Lipinski definition) is 7. The Morgan fingerprint density at radius 3 is 2.31 bits per heavy atom. The van der Waals surface area contributed by atoms with E-state index >= 15 is 0 Å². The van der Waals surface area contributed by atoms with Crippen molar-refractivity contribution in [3.63, 3.8) is 0 Å². The minimum Gasteiger partial charge on any atom is -0.478 e. The van der Waals surface area contributed by atoms with Crippen LogP contribution in [0.1, 0.15) is 65.2 Å². The molecule has 4 saturated carbocycles. The molecular formula is C26H39N3O7. The lowest BCUT2D eigenvalue weighted by Gasteiger charge is -2.61. The van der Waals surface area contributed by atoms with Crippen LogP contribution in [0.2, 0.25) is 0 Å². The van der Waals surface area contributed by atoms with E-state index in [1.54, 1.807) is 0 Å². The molecule has 10 nitrogen and oxygen atoms in total. The molecule has 0 radical (unpaired) electrons. The van der Waals surface area contributed by atoms with E-state index in [0.29, 0.717) is 55.3 Å². The molecule has 4 aliphatic rings. The van der Waals surface area contributed by atoms with Gasteiger partial charge in [-0.1, -0.05) is 19.0 Å². The first kappa shape index (κ1) is 27.8. The van der Waals surface area contributed by atoms with Gasteiger partial charge in [-0.2, -0.15) is 0 Å². The standard InChI is InChI=1S/C22H35N3O3.C4H4O4/c1-21-7-5-13(25-28-10-9-23)11-18(21)15(20(24)27)12-14-16-3-4-19(26)22(16,2)8-6-17(14)21;5-3(6)1-2-4(7)8/h14-18H,3-12,23H2,1-2H3,(H2,24,27);1-2H,(H,5,6)(H,7,8)/b;2-1+/t14-,15-,16-,17-,18?,21+,22-;/m0./s1. The Bertz CT molecular complexity index is 932. The first-order chi connectivity index (χ1) is 16.9. The summed E-state index contributed by atoms with van der Waals surface area (Å²) in [6.45, 7) is 5.42. The summed E-state index contributed by atoms with van der Waals surface area (Å²) in [5.74, 6) is -0.740. The van der Waals surface area contributed by atoms with Gasteiger partial charge in [0.15, 0.2) is 0 Å². The van der Waals surface area contributed by atoms with Crippen LogP contribution in [0, 0.1) is 40.4 Å². The lowest BCUT2D eigenvalue weighted by atomic mass is 9.43. The molecule has 200 valence electrons. The van der Waals surface area contributed by atoms with Gasteiger partial charge >= 0.3 is 11.9 Å². The topological polar surface area (TPSA) is 182 Å². The van der Waals surface area contributed by atoms with E-state index in [4.69, 9.17) is 26.5 Å². The summed E-state index contributed by atoms with van der Waals surface area (Å²) in [4.78, 5) is 49.6. The molecule has 7 atom stereocenters. The third kappa shape index (κ3) is 5.48. The Hall–Kier alpha value is -2.75. The normalized spacial score (nSPS) is 38.4. The first-order valence-corrected chi connectivity index (χ1v) is 12.8. The zero-order chi connectivity index (χ0) is 26.7. The summed E-state index contributed by atoms with van der Waals surface area (Å²) in [5.41, 5.74) is 12.4. The smallest absolute Gasteiger partial charge is 0.328 e. The van der Waals surface area contributed by atoms with Crippen molar-refractivity contribution in [2.45, 2.75) is 65.2 Å². The second-order valence-corrected chi connectivity index (χ2v) is 11.1. The van der Waals surface area contributed by atoms with Crippen LogP contribution in [0.3, 0.4) is 0 Å². The van der Waals surface area contributed by atoms with Gasteiger partial charge in [-0.3, -0.25) is 9.59 Å². The molecule has 36 heavy (non-hydrogen) atoms. The van der Waals surface area contributed by atoms with Gasteiger partial charge in [0.1, 0.15) is 12.4 Å². The zero-order valence-electron chi connectivity index (χ0n) is 21.2. The van der Waals surface area contributed by atoms with Crippen molar-refractivity contribution in [1.29, 1.82) is 0 Å². The number of carbonyl (C=O) groups is 4. The Morgan fingerprint density at radius 2 is 1.72 bits per heavy atom. The molecule has 1 amide bonds. The van der Waals surface area contributed by atoms with Gasteiger partial charge in [0.2, 0.25) is 5.91 Å². The summed E-state index contributed by atoms with van der Waals surface area (Å²) in [6.07, 6.45) is 8.47. The Labute approximate surface area is 211 Å². The number of ketones is 1. The van der Waals surface area contributed by atoms with E-state index in [0.717, 1.165) is 50.7 Å². The molecule has 0 heterocycles. The molecule has 10 heteroatoms. The monoisotopic (exact) mass is 505 g/mol. The average molecular weight is 506 g/mol. The quantitative estimate of drug-likeness (QED) is 0.241. The number of Topliss-reactive ketones (excluding diaryl/α,β-unsaturated/α-hetero) is 1. The van der Waals surface area contributed by atoms with Gasteiger partial charge in [0.05, 0.1) is 5.71 Å². The second kappa shape index (κ2) is 11.1. The fourth-order valence-corrected chi connectivity index (χ4v) is 7.64. The number of aliphatic carboxylic acids is 2. The molecule has 1 unspecified atom stereocenters. The number of carboxylic acids is 2. The SMILES string of the molecule is C[C@]12CCC(=NOCCN)CC1[C@@H](C(N)=O)C[C@@H]1[C@@H]2CC[C@]2(C)C(=O)CC[C@@H]12.O=C(O)/C=C/C(=O)O. The van der Waals surface area contributed by atoms with Crippen LogP contribution < -0.4 is 11.5 Å². The number of carboxylic acid groups (broad SMARTS) is 2. The molecule has 0 bridgehead atoms. The highest BCUT2D eigenvalue weighted by Crippen LogP contribution is 2.66. The van der Waals surface area contributed by atoms with E-state index in [1.165, 1.54) is 0 Å². The summed E-state index contributed by atoms with van der Waals surface area (Å²) in [7, 11) is 0. The van der Waals surface area contributed by atoms with Crippen molar-refractivity contribution in [3.8, 4) is 0 Å². The molecule has 4 aliphatic carbocycles. The van der Waals surface area contributed by atoms with Gasteiger partial charge in [-0.05, 0) is 74.0 Å². The Kier molecular flexibility index (Phi) is 8.59. The minimum atomic E-state index is -1.26. The number of nitrogens with zero attached hydrogens (tertiary/aromatic N) is 1. The fraction of sp³-hybridized carbons (Fsp3) is 0.731. The van der Waals surface area contributed by atoms with E-state index < -0.39 is 11.9 Å². The highest BCUT2D eigenvalue weighted by Gasteiger charge is 2.62. The van der Waals surface area contributed by atoms with Crippen molar-refractivity contribution in [2.75, 3.05) is 13.2 Å². The maximum atomic E-state index is 12.6.